The molecule has 2 N–H and O–H groups in total. The maximum absolute atomic E-state index is 11.9. The van der Waals surface area contributed by atoms with Crippen LogP contribution in [0.2, 0.25) is 5.15 Å². The second-order valence-electron chi connectivity index (χ2n) is 1.97. The second-order valence-corrected chi connectivity index (χ2v) is 2.33. The van der Waals surface area contributed by atoms with E-state index in [1.807, 2.05) is 0 Å². The molecule has 5 heteroatoms. The molecule has 1 aromatic rings. The summed E-state index contributed by atoms with van der Waals surface area (Å²) in [7, 11) is 0. The van der Waals surface area contributed by atoms with Crippen LogP contribution in [0.1, 0.15) is 5.56 Å². The third-order valence-electron chi connectivity index (χ3n) is 1.27. The number of hydrogen-bond donors (Lipinski definition) is 1. The Morgan fingerprint density at radius 2 is 2.27 bits per heavy atom. The zero-order valence-corrected chi connectivity index (χ0v) is 6.48. The molecule has 1 heterocycles. The molecule has 0 spiro atoms. The van der Waals surface area contributed by atoms with E-state index in [2.05, 4.69) is 9.97 Å². The van der Waals surface area contributed by atoms with Gasteiger partial charge in [0.2, 0.25) is 0 Å². The summed E-state index contributed by atoms with van der Waals surface area (Å²) in [5.74, 6) is 0.252. The van der Waals surface area contributed by atoms with Crippen LogP contribution in [0.15, 0.2) is 6.33 Å². The van der Waals surface area contributed by atoms with Crippen molar-refractivity contribution in [2.45, 2.75) is 6.42 Å². The van der Waals surface area contributed by atoms with Crippen LogP contribution in [0.4, 0.5) is 10.2 Å². The Labute approximate surface area is 68.4 Å². The van der Waals surface area contributed by atoms with Crippen LogP contribution in [-0.2, 0) is 6.42 Å². The van der Waals surface area contributed by atoms with Crippen LogP contribution in [0.3, 0.4) is 0 Å². The quantitative estimate of drug-likeness (QED) is 0.688. The van der Waals surface area contributed by atoms with E-state index in [-0.39, 0.29) is 17.4 Å². The lowest BCUT2D eigenvalue weighted by molar-refractivity contribution is 0.495. The van der Waals surface area contributed by atoms with Gasteiger partial charge in [-0.25, -0.2) is 9.97 Å². The minimum atomic E-state index is -0.503. The first kappa shape index (κ1) is 8.20. The van der Waals surface area contributed by atoms with Crippen molar-refractivity contribution in [2.75, 3.05) is 12.4 Å². The van der Waals surface area contributed by atoms with Gasteiger partial charge in [0.25, 0.3) is 0 Å². The number of anilines is 1. The van der Waals surface area contributed by atoms with E-state index in [1.165, 1.54) is 6.33 Å². The number of rotatable bonds is 2. The first-order valence-corrected chi connectivity index (χ1v) is 3.44. The number of nitrogens with two attached hydrogens (primary N) is 1. The van der Waals surface area contributed by atoms with Gasteiger partial charge in [0.15, 0.2) is 0 Å². The molecule has 0 saturated heterocycles. The predicted molar refractivity (Wildman–Crippen MR) is 41.1 cm³/mol. The van der Waals surface area contributed by atoms with Gasteiger partial charge in [0.1, 0.15) is 17.3 Å². The number of aromatic nitrogens is 2. The van der Waals surface area contributed by atoms with Gasteiger partial charge in [-0.15, -0.1) is 0 Å². The molecule has 0 aliphatic carbocycles. The molecule has 0 bridgehead atoms. The summed E-state index contributed by atoms with van der Waals surface area (Å²) in [6, 6.07) is 0. The van der Waals surface area contributed by atoms with Gasteiger partial charge >= 0.3 is 0 Å². The average molecular weight is 176 g/mol. The van der Waals surface area contributed by atoms with Crippen LogP contribution in [0, 0.1) is 0 Å². The van der Waals surface area contributed by atoms with Crippen molar-refractivity contribution in [3.63, 3.8) is 0 Å². The van der Waals surface area contributed by atoms with E-state index in [1.54, 1.807) is 0 Å². The normalized spacial score (nSPS) is 10.0. The number of hydrogen-bond acceptors (Lipinski definition) is 3. The van der Waals surface area contributed by atoms with Crippen LogP contribution >= 0.6 is 11.6 Å². The fourth-order valence-electron chi connectivity index (χ4n) is 0.729. The monoisotopic (exact) mass is 175 g/mol. The fraction of sp³-hybridized carbons (Fsp3) is 0.333. The topological polar surface area (TPSA) is 51.8 Å². The fourth-order valence-corrected chi connectivity index (χ4v) is 0.964. The molecule has 0 fully saturated rings. The molecule has 0 amide bonds. The summed E-state index contributed by atoms with van der Waals surface area (Å²) in [5.41, 5.74) is 5.89. The Bertz CT molecular complexity index is 233. The van der Waals surface area contributed by atoms with E-state index in [4.69, 9.17) is 17.3 Å². The maximum Gasteiger partial charge on any atom is 0.137 e. The molecule has 11 heavy (non-hydrogen) atoms. The van der Waals surface area contributed by atoms with E-state index in [9.17, 15) is 4.39 Å². The molecule has 3 nitrogen and oxygen atoms in total. The van der Waals surface area contributed by atoms with E-state index in [0.29, 0.717) is 5.56 Å². The molecule has 1 rings (SSSR count). The molecule has 0 atom stereocenters. The number of nitrogen functional groups attached to an aromatic ring is 1. The molecule has 0 aromatic carbocycles. The van der Waals surface area contributed by atoms with Gasteiger partial charge in [-0.3, -0.25) is 4.39 Å². The summed E-state index contributed by atoms with van der Waals surface area (Å²) in [6.45, 7) is -0.503. The summed E-state index contributed by atoms with van der Waals surface area (Å²) < 4.78 is 11.9. The largest absolute Gasteiger partial charge is 0.383 e. The highest BCUT2D eigenvalue weighted by Crippen LogP contribution is 2.17. The Kier molecular flexibility index (Phi) is 2.59. The second kappa shape index (κ2) is 3.48. The molecule has 0 radical (unpaired) electrons. The number of halogens is 2. The zero-order chi connectivity index (χ0) is 8.27. The van der Waals surface area contributed by atoms with Crippen LogP contribution < -0.4 is 5.73 Å². The molecule has 0 unspecified atom stereocenters. The van der Waals surface area contributed by atoms with E-state index >= 15 is 0 Å². The summed E-state index contributed by atoms with van der Waals surface area (Å²) in [4.78, 5) is 7.34. The predicted octanol–water partition coefficient (Wildman–Crippen LogP) is 1.22. The lowest BCUT2D eigenvalue weighted by atomic mass is 10.2. The van der Waals surface area contributed by atoms with Crippen molar-refractivity contribution < 1.29 is 4.39 Å². The highest BCUT2D eigenvalue weighted by Gasteiger charge is 2.05. The zero-order valence-electron chi connectivity index (χ0n) is 5.72. The van der Waals surface area contributed by atoms with Gasteiger partial charge in [0.05, 0.1) is 6.67 Å². The SMILES string of the molecule is Nc1ncnc(Cl)c1CCF. The first-order chi connectivity index (χ1) is 5.25. The van der Waals surface area contributed by atoms with Crippen molar-refractivity contribution in [3.05, 3.63) is 17.0 Å². The molecular weight excluding hydrogens is 169 g/mol. The van der Waals surface area contributed by atoms with Crippen molar-refractivity contribution >= 4 is 17.4 Å². The third kappa shape index (κ3) is 1.77. The standard InChI is InChI=1S/C6H7ClFN3/c7-5-4(1-2-8)6(9)11-3-10-5/h3H,1-2H2,(H2,9,10,11). The number of nitrogens with zero attached hydrogens (tertiary/aromatic N) is 2. The lowest BCUT2D eigenvalue weighted by Gasteiger charge is -2.01. The van der Waals surface area contributed by atoms with Gasteiger partial charge in [-0.2, -0.15) is 0 Å². The molecule has 60 valence electrons. The summed E-state index contributed by atoms with van der Waals surface area (Å²) in [5, 5.41) is 0.232. The van der Waals surface area contributed by atoms with Crippen LogP contribution in [-0.4, -0.2) is 16.6 Å². The smallest absolute Gasteiger partial charge is 0.137 e. The van der Waals surface area contributed by atoms with E-state index in [0.717, 1.165) is 0 Å². The van der Waals surface area contributed by atoms with Crippen molar-refractivity contribution in [1.82, 2.24) is 9.97 Å². The molecule has 0 aliphatic heterocycles. The van der Waals surface area contributed by atoms with Crippen molar-refractivity contribution in [2.24, 2.45) is 0 Å². The van der Waals surface area contributed by atoms with E-state index < -0.39 is 6.67 Å². The van der Waals surface area contributed by atoms with Crippen molar-refractivity contribution in [1.29, 1.82) is 0 Å². The third-order valence-corrected chi connectivity index (χ3v) is 1.60. The van der Waals surface area contributed by atoms with Gasteiger partial charge in [-0.05, 0) is 0 Å². The van der Waals surface area contributed by atoms with Crippen LogP contribution in [0.25, 0.3) is 0 Å². The number of alkyl halides is 1. The molecule has 1 aromatic heterocycles. The van der Waals surface area contributed by atoms with Crippen LogP contribution in [0.5, 0.6) is 0 Å². The van der Waals surface area contributed by atoms with Gasteiger partial charge < -0.3 is 5.73 Å². The average Bonchev–Trinajstić information content (AvgIpc) is 1.97. The Hall–Kier alpha value is -0.900. The van der Waals surface area contributed by atoms with Gasteiger partial charge in [-0.1, -0.05) is 11.6 Å². The Morgan fingerprint density at radius 3 is 2.82 bits per heavy atom. The minimum absolute atomic E-state index is 0.172. The minimum Gasteiger partial charge on any atom is -0.383 e. The lowest BCUT2D eigenvalue weighted by Crippen LogP contribution is -2.00. The summed E-state index contributed by atoms with van der Waals surface area (Å²) >= 11 is 5.61. The molecule has 0 aliphatic rings. The highest BCUT2D eigenvalue weighted by molar-refractivity contribution is 6.30. The Balaban J connectivity index is 3.00. The van der Waals surface area contributed by atoms with Gasteiger partial charge in [0, 0.05) is 12.0 Å². The summed E-state index contributed by atoms with van der Waals surface area (Å²) in [6.07, 6.45) is 1.42. The Morgan fingerprint density at radius 1 is 1.55 bits per heavy atom. The van der Waals surface area contributed by atoms with Crippen molar-refractivity contribution in [3.8, 4) is 0 Å². The highest BCUT2D eigenvalue weighted by atomic mass is 35.5. The molecule has 0 saturated carbocycles. The maximum atomic E-state index is 11.9. The molecular formula is C6H7ClFN3. The first-order valence-electron chi connectivity index (χ1n) is 3.06.